The molecular formula is C8H12S. The highest BCUT2D eigenvalue weighted by atomic mass is 32.2. The molecule has 0 spiro atoms. The fourth-order valence-electron chi connectivity index (χ4n) is 1.31. The normalized spacial score (nSPS) is 33.6. The van der Waals surface area contributed by atoms with Crippen molar-refractivity contribution in [3.05, 3.63) is 11.5 Å². The molecule has 0 radical (unpaired) electrons. The predicted molar refractivity (Wildman–Crippen MR) is 42.5 cm³/mol. The lowest BCUT2D eigenvalue weighted by molar-refractivity contribution is 0.696. The molecule has 0 aromatic rings. The summed E-state index contributed by atoms with van der Waals surface area (Å²) < 4.78 is 0. The van der Waals surface area contributed by atoms with Gasteiger partial charge in [0.25, 0.3) is 0 Å². The summed E-state index contributed by atoms with van der Waals surface area (Å²) in [6.07, 6.45) is 8.14. The van der Waals surface area contributed by atoms with Crippen molar-refractivity contribution < 1.29 is 0 Å². The highest BCUT2D eigenvalue weighted by Gasteiger charge is 2.25. The van der Waals surface area contributed by atoms with Crippen LogP contribution in [0.15, 0.2) is 11.5 Å². The zero-order chi connectivity index (χ0) is 6.10. The van der Waals surface area contributed by atoms with E-state index >= 15 is 0 Å². The first kappa shape index (κ1) is 5.84. The first-order valence-electron chi connectivity index (χ1n) is 3.75. The van der Waals surface area contributed by atoms with Gasteiger partial charge < -0.3 is 0 Å². The van der Waals surface area contributed by atoms with E-state index < -0.39 is 0 Å². The molecule has 0 aromatic carbocycles. The van der Waals surface area contributed by atoms with E-state index in [2.05, 4.69) is 11.5 Å². The van der Waals surface area contributed by atoms with Crippen LogP contribution in [0.25, 0.3) is 0 Å². The second-order valence-corrected chi connectivity index (χ2v) is 4.26. The summed E-state index contributed by atoms with van der Waals surface area (Å²) in [5.74, 6) is 1.11. The molecular weight excluding hydrogens is 128 g/mol. The van der Waals surface area contributed by atoms with Crippen LogP contribution < -0.4 is 0 Å². The van der Waals surface area contributed by atoms with Crippen molar-refractivity contribution in [3.63, 3.8) is 0 Å². The van der Waals surface area contributed by atoms with E-state index in [4.69, 9.17) is 0 Å². The Morgan fingerprint density at radius 1 is 1.44 bits per heavy atom. The van der Waals surface area contributed by atoms with E-state index in [1.807, 2.05) is 11.8 Å². The van der Waals surface area contributed by atoms with Crippen molar-refractivity contribution in [2.24, 2.45) is 5.92 Å². The standard InChI is InChI=1S/C8H12S/c1-2-8(9-5-1)6-7-3-4-7/h1,5,7-8H,2-4,6H2. The fourth-order valence-corrected chi connectivity index (χ4v) is 2.36. The Morgan fingerprint density at radius 2 is 2.33 bits per heavy atom. The molecule has 1 fully saturated rings. The van der Waals surface area contributed by atoms with Crippen LogP contribution in [0.2, 0.25) is 0 Å². The Hall–Kier alpha value is 0.0900. The van der Waals surface area contributed by atoms with Crippen molar-refractivity contribution in [1.29, 1.82) is 0 Å². The van der Waals surface area contributed by atoms with Crippen LogP contribution in [0.3, 0.4) is 0 Å². The number of rotatable bonds is 2. The molecule has 1 unspecified atom stereocenters. The molecule has 1 heterocycles. The van der Waals surface area contributed by atoms with Crippen LogP contribution in [0.1, 0.15) is 25.7 Å². The van der Waals surface area contributed by atoms with Crippen LogP contribution in [0.4, 0.5) is 0 Å². The summed E-state index contributed by atoms with van der Waals surface area (Å²) >= 11 is 2.03. The number of allylic oxidation sites excluding steroid dienone is 1. The van der Waals surface area contributed by atoms with Gasteiger partial charge >= 0.3 is 0 Å². The Morgan fingerprint density at radius 3 is 2.89 bits per heavy atom. The van der Waals surface area contributed by atoms with E-state index in [9.17, 15) is 0 Å². The van der Waals surface area contributed by atoms with Gasteiger partial charge in [0.15, 0.2) is 0 Å². The van der Waals surface area contributed by atoms with Crippen molar-refractivity contribution in [2.45, 2.75) is 30.9 Å². The van der Waals surface area contributed by atoms with Gasteiger partial charge in [-0.25, -0.2) is 0 Å². The van der Waals surface area contributed by atoms with Gasteiger partial charge in [-0.2, -0.15) is 0 Å². The van der Waals surface area contributed by atoms with Crippen LogP contribution in [0, 0.1) is 5.92 Å². The van der Waals surface area contributed by atoms with E-state index in [0.29, 0.717) is 0 Å². The van der Waals surface area contributed by atoms with Gasteiger partial charge in [-0.3, -0.25) is 0 Å². The van der Waals surface area contributed by atoms with Gasteiger partial charge in [-0.15, -0.1) is 11.8 Å². The summed E-state index contributed by atoms with van der Waals surface area (Å²) in [4.78, 5) is 0. The lowest BCUT2D eigenvalue weighted by Gasteiger charge is -2.04. The van der Waals surface area contributed by atoms with Gasteiger partial charge in [0.1, 0.15) is 0 Å². The second kappa shape index (κ2) is 2.37. The number of hydrogen-bond donors (Lipinski definition) is 0. The third kappa shape index (κ3) is 1.51. The maximum atomic E-state index is 2.30. The fraction of sp³-hybridized carbons (Fsp3) is 0.750. The van der Waals surface area contributed by atoms with Gasteiger partial charge in [-0.05, 0) is 24.2 Å². The van der Waals surface area contributed by atoms with E-state index in [1.165, 1.54) is 25.7 Å². The van der Waals surface area contributed by atoms with Gasteiger partial charge in [0.2, 0.25) is 0 Å². The minimum atomic E-state index is 0.956. The summed E-state index contributed by atoms with van der Waals surface area (Å²) in [5, 5.41) is 3.21. The van der Waals surface area contributed by atoms with E-state index in [-0.39, 0.29) is 0 Å². The molecule has 0 amide bonds. The first-order valence-corrected chi connectivity index (χ1v) is 4.70. The molecule has 1 heteroatoms. The average Bonchev–Trinajstić information content (AvgIpc) is 2.46. The smallest absolute Gasteiger partial charge is 0.0126 e. The van der Waals surface area contributed by atoms with Gasteiger partial charge in [0, 0.05) is 5.25 Å². The molecule has 0 N–H and O–H groups in total. The van der Waals surface area contributed by atoms with Crippen molar-refractivity contribution in [3.8, 4) is 0 Å². The lowest BCUT2D eigenvalue weighted by Crippen LogP contribution is -1.96. The van der Waals surface area contributed by atoms with Crippen LogP contribution >= 0.6 is 11.8 Å². The molecule has 0 nitrogen and oxygen atoms in total. The van der Waals surface area contributed by atoms with Crippen molar-refractivity contribution in [1.82, 2.24) is 0 Å². The highest BCUT2D eigenvalue weighted by Crippen LogP contribution is 2.39. The van der Waals surface area contributed by atoms with Gasteiger partial charge in [-0.1, -0.05) is 18.9 Å². The quantitative estimate of drug-likeness (QED) is 0.568. The second-order valence-electron chi connectivity index (χ2n) is 3.04. The molecule has 1 atom stereocenters. The van der Waals surface area contributed by atoms with E-state index in [0.717, 1.165) is 11.2 Å². The maximum absolute atomic E-state index is 2.30. The molecule has 0 saturated heterocycles. The molecule has 2 rings (SSSR count). The van der Waals surface area contributed by atoms with Gasteiger partial charge in [0.05, 0.1) is 0 Å². The Kier molecular flexibility index (Phi) is 1.54. The Bertz CT molecular complexity index is 117. The Balaban J connectivity index is 1.73. The number of hydrogen-bond acceptors (Lipinski definition) is 1. The van der Waals surface area contributed by atoms with Crippen LogP contribution in [-0.4, -0.2) is 5.25 Å². The molecule has 1 saturated carbocycles. The van der Waals surface area contributed by atoms with Crippen molar-refractivity contribution >= 4 is 11.8 Å². The SMILES string of the molecule is C1=CSC(CC2CC2)C1. The first-order chi connectivity index (χ1) is 4.45. The topological polar surface area (TPSA) is 0 Å². The molecule has 1 aliphatic carbocycles. The largest absolute Gasteiger partial charge is 0.131 e. The molecule has 2 aliphatic rings. The van der Waals surface area contributed by atoms with E-state index in [1.54, 1.807) is 0 Å². The highest BCUT2D eigenvalue weighted by molar-refractivity contribution is 8.03. The molecule has 50 valence electrons. The monoisotopic (exact) mass is 140 g/mol. The predicted octanol–water partition coefficient (Wildman–Crippen LogP) is 2.81. The minimum Gasteiger partial charge on any atom is -0.131 e. The molecule has 0 bridgehead atoms. The zero-order valence-corrected chi connectivity index (χ0v) is 6.36. The maximum Gasteiger partial charge on any atom is 0.0126 e. The molecule has 9 heavy (non-hydrogen) atoms. The van der Waals surface area contributed by atoms with Crippen LogP contribution in [-0.2, 0) is 0 Å². The van der Waals surface area contributed by atoms with Crippen LogP contribution in [0.5, 0.6) is 0 Å². The third-order valence-corrected chi connectivity index (χ3v) is 3.18. The lowest BCUT2D eigenvalue weighted by atomic mass is 10.2. The number of thioether (sulfide) groups is 1. The van der Waals surface area contributed by atoms with Crippen molar-refractivity contribution in [2.75, 3.05) is 0 Å². The average molecular weight is 140 g/mol. The Labute approximate surface area is 60.7 Å². The third-order valence-electron chi connectivity index (χ3n) is 2.06. The summed E-state index contributed by atoms with van der Waals surface area (Å²) in [6.45, 7) is 0. The minimum absolute atomic E-state index is 0.956. The summed E-state index contributed by atoms with van der Waals surface area (Å²) in [6, 6.07) is 0. The summed E-state index contributed by atoms with van der Waals surface area (Å²) in [5.41, 5.74) is 0. The zero-order valence-electron chi connectivity index (χ0n) is 5.55. The molecule has 1 aliphatic heterocycles. The summed E-state index contributed by atoms with van der Waals surface area (Å²) in [7, 11) is 0. The molecule has 0 aromatic heterocycles.